The lowest BCUT2D eigenvalue weighted by Crippen LogP contribution is -2.47. The number of esters is 1. The zero-order valence-corrected chi connectivity index (χ0v) is 9.53. The summed E-state index contributed by atoms with van der Waals surface area (Å²) in [5, 5.41) is 10.4. The van der Waals surface area contributed by atoms with Crippen molar-refractivity contribution in [2.24, 2.45) is 11.8 Å². The molecule has 2 rings (SSSR count). The molecule has 88 valence electrons. The summed E-state index contributed by atoms with van der Waals surface area (Å²) in [7, 11) is 1.26. The van der Waals surface area contributed by atoms with Gasteiger partial charge in [-0.15, -0.1) is 0 Å². The van der Waals surface area contributed by atoms with Crippen LogP contribution in [0.4, 0.5) is 0 Å². The Morgan fingerprint density at radius 1 is 1.62 bits per heavy atom. The van der Waals surface area contributed by atoms with Crippen LogP contribution in [0.3, 0.4) is 0 Å². The Balaban J connectivity index is 2.46. The monoisotopic (exact) mass is 224 g/mol. The highest BCUT2D eigenvalue weighted by molar-refractivity contribution is 6.04. The molecule has 0 aromatic rings. The molecule has 0 aromatic carbocycles. The summed E-state index contributed by atoms with van der Waals surface area (Å²) in [5.74, 6) is -0.769. The lowest BCUT2D eigenvalue weighted by atomic mass is 9.73. The molecule has 2 unspecified atom stereocenters. The second kappa shape index (κ2) is 3.70. The Morgan fingerprint density at radius 2 is 2.31 bits per heavy atom. The van der Waals surface area contributed by atoms with Crippen LogP contribution in [0.25, 0.3) is 0 Å². The van der Waals surface area contributed by atoms with Gasteiger partial charge in [0.05, 0.1) is 12.7 Å². The minimum atomic E-state index is -1.58. The van der Waals surface area contributed by atoms with Crippen LogP contribution in [-0.2, 0) is 14.3 Å². The van der Waals surface area contributed by atoms with Gasteiger partial charge in [0.15, 0.2) is 11.4 Å². The topological polar surface area (TPSA) is 63.6 Å². The van der Waals surface area contributed by atoms with E-state index in [0.29, 0.717) is 12.8 Å². The summed E-state index contributed by atoms with van der Waals surface area (Å²) in [6.07, 6.45) is 3.44. The first-order valence-corrected chi connectivity index (χ1v) is 5.56. The minimum Gasteiger partial charge on any atom is -0.466 e. The fraction of sp³-hybridized carbons (Fsp3) is 0.667. The number of allylic oxidation sites excluding steroid dienone is 1. The number of ether oxygens (including phenoxy) is 1. The van der Waals surface area contributed by atoms with Gasteiger partial charge < -0.3 is 9.84 Å². The third-order valence-electron chi connectivity index (χ3n) is 3.66. The molecule has 2 aliphatic rings. The lowest BCUT2D eigenvalue weighted by Gasteiger charge is -2.35. The Labute approximate surface area is 94.3 Å². The van der Waals surface area contributed by atoms with Gasteiger partial charge in [-0.05, 0) is 18.8 Å². The Hall–Kier alpha value is -1.16. The summed E-state index contributed by atoms with van der Waals surface area (Å²) in [6.45, 7) is 1.98. The first-order valence-electron chi connectivity index (χ1n) is 5.56. The number of methoxy groups -OCH3 is 1. The van der Waals surface area contributed by atoms with Crippen molar-refractivity contribution in [1.29, 1.82) is 0 Å². The van der Waals surface area contributed by atoms with Gasteiger partial charge >= 0.3 is 5.97 Å². The normalized spacial score (nSPS) is 37.9. The number of hydrogen-bond acceptors (Lipinski definition) is 4. The van der Waals surface area contributed by atoms with Gasteiger partial charge in [0.2, 0.25) is 0 Å². The van der Waals surface area contributed by atoms with Gasteiger partial charge in [0.1, 0.15) is 0 Å². The molecule has 0 heterocycles. The quantitative estimate of drug-likeness (QED) is 0.670. The van der Waals surface area contributed by atoms with Gasteiger partial charge in [0.25, 0.3) is 0 Å². The fourth-order valence-corrected chi connectivity index (χ4v) is 2.85. The molecule has 4 heteroatoms. The maximum Gasteiger partial charge on any atom is 0.336 e. The molecule has 3 atom stereocenters. The average molecular weight is 224 g/mol. The van der Waals surface area contributed by atoms with E-state index in [1.54, 1.807) is 6.08 Å². The molecule has 16 heavy (non-hydrogen) atoms. The van der Waals surface area contributed by atoms with Crippen molar-refractivity contribution >= 4 is 11.8 Å². The molecule has 0 radical (unpaired) electrons. The molecule has 0 aromatic heterocycles. The van der Waals surface area contributed by atoms with Gasteiger partial charge in [0, 0.05) is 12.3 Å². The van der Waals surface area contributed by atoms with Gasteiger partial charge in [-0.1, -0.05) is 13.0 Å². The van der Waals surface area contributed by atoms with Crippen LogP contribution >= 0.6 is 0 Å². The van der Waals surface area contributed by atoms with E-state index in [4.69, 9.17) is 0 Å². The molecule has 0 spiro atoms. The van der Waals surface area contributed by atoms with Gasteiger partial charge in [-0.2, -0.15) is 0 Å². The number of fused-ring (bicyclic) bond motifs is 1. The maximum atomic E-state index is 11.8. The Morgan fingerprint density at radius 3 is 2.94 bits per heavy atom. The molecule has 1 fully saturated rings. The van der Waals surface area contributed by atoms with Crippen molar-refractivity contribution in [3.63, 3.8) is 0 Å². The summed E-state index contributed by atoms with van der Waals surface area (Å²) in [6, 6.07) is 0. The van der Waals surface area contributed by atoms with Crippen molar-refractivity contribution in [3.8, 4) is 0 Å². The number of rotatable bonds is 1. The van der Waals surface area contributed by atoms with E-state index in [1.165, 1.54) is 7.11 Å². The van der Waals surface area contributed by atoms with Gasteiger partial charge in [-0.25, -0.2) is 4.79 Å². The molecule has 0 bridgehead atoms. The number of carbonyl (C=O) groups is 2. The molecular formula is C12H16O4. The molecule has 1 saturated carbocycles. The summed E-state index contributed by atoms with van der Waals surface area (Å²) >= 11 is 0. The number of aliphatic hydroxyl groups is 1. The third-order valence-corrected chi connectivity index (χ3v) is 3.66. The zero-order chi connectivity index (χ0) is 11.9. The van der Waals surface area contributed by atoms with E-state index in [-0.39, 0.29) is 23.2 Å². The highest BCUT2D eigenvalue weighted by atomic mass is 16.5. The summed E-state index contributed by atoms with van der Waals surface area (Å²) in [4.78, 5) is 23.4. The van der Waals surface area contributed by atoms with E-state index in [9.17, 15) is 14.7 Å². The van der Waals surface area contributed by atoms with Crippen LogP contribution in [0.5, 0.6) is 0 Å². The molecule has 0 aliphatic heterocycles. The zero-order valence-electron chi connectivity index (χ0n) is 9.53. The van der Waals surface area contributed by atoms with Crippen molar-refractivity contribution in [2.45, 2.75) is 31.8 Å². The van der Waals surface area contributed by atoms with Gasteiger partial charge in [-0.3, -0.25) is 4.79 Å². The van der Waals surface area contributed by atoms with E-state index < -0.39 is 11.6 Å². The maximum absolute atomic E-state index is 11.8. The second-order valence-electron chi connectivity index (χ2n) is 4.71. The van der Waals surface area contributed by atoms with Crippen molar-refractivity contribution in [3.05, 3.63) is 11.6 Å². The predicted molar refractivity (Wildman–Crippen MR) is 56.6 cm³/mol. The lowest BCUT2D eigenvalue weighted by molar-refractivity contribution is -0.145. The molecular weight excluding hydrogens is 208 g/mol. The van der Waals surface area contributed by atoms with E-state index >= 15 is 0 Å². The van der Waals surface area contributed by atoms with Crippen LogP contribution in [0, 0.1) is 11.8 Å². The molecule has 0 amide bonds. The van der Waals surface area contributed by atoms with E-state index in [1.807, 2.05) is 6.92 Å². The van der Waals surface area contributed by atoms with E-state index in [2.05, 4.69) is 4.74 Å². The van der Waals surface area contributed by atoms with Crippen LogP contribution < -0.4 is 0 Å². The smallest absolute Gasteiger partial charge is 0.336 e. The number of carbonyl (C=O) groups excluding carboxylic acids is 2. The van der Waals surface area contributed by atoms with Crippen LogP contribution in [0.15, 0.2) is 11.6 Å². The average Bonchev–Trinajstić information content (AvgIpc) is 2.55. The standard InChI is InChI=1S/C12H16O4/c1-7-5-8-3-4-10(13)12(8,15)9(6-7)11(14)16-2/h6-8,15H,3-5H2,1-2H3/t7?,8?,12-/m0/s1. The Kier molecular flexibility index (Phi) is 2.62. The first kappa shape index (κ1) is 11.3. The van der Waals surface area contributed by atoms with Crippen LogP contribution in [-0.4, -0.2) is 29.6 Å². The number of Topliss-reactive ketones (excluding diaryl/α,β-unsaturated/α-hetero) is 1. The molecule has 2 aliphatic carbocycles. The minimum absolute atomic E-state index is 0.130. The SMILES string of the molecule is COC(=O)C1=CC(C)CC2CCC(=O)[C@@]12O. The second-order valence-corrected chi connectivity index (χ2v) is 4.71. The summed E-state index contributed by atoms with van der Waals surface area (Å²) < 4.78 is 4.64. The van der Waals surface area contributed by atoms with E-state index in [0.717, 1.165) is 6.42 Å². The molecule has 0 saturated heterocycles. The molecule has 1 N–H and O–H groups in total. The number of hydrogen-bond donors (Lipinski definition) is 1. The predicted octanol–water partition coefficient (Wildman–Crippen LogP) is 0.836. The molecule has 4 nitrogen and oxygen atoms in total. The largest absolute Gasteiger partial charge is 0.466 e. The van der Waals surface area contributed by atoms with Crippen LogP contribution in [0.2, 0.25) is 0 Å². The highest BCUT2D eigenvalue weighted by Crippen LogP contribution is 2.45. The summed E-state index contributed by atoms with van der Waals surface area (Å²) in [5.41, 5.74) is -1.44. The number of ketones is 1. The van der Waals surface area contributed by atoms with Crippen LogP contribution in [0.1, 0.15) is 26.2 Å². The Bertz CT molecular complexity index is 371. The first-order chi connectivity index (χ1) is 7.50. The fourth-order valence-electron chi connectivity index (χ4n) is 2.85. The highest BCUT2D eigenvalue weighted by Gasteiger charge is 2.55. The van der Waals surface area contributed by atoms with Crippen molar-refractivity contribution < 1.29 is 19.4 Å². The third kappa shape index (κ3) is 1.40. The van der Waals surface area contributed by atoms with Crippen molar-refractivity contribution in [1.82, 2.24) is 0 Å². The van der Waals surface area contributed by atoms with Crippen molar-refractivity contribution in [2.75, 3.05) is 7.11 Å².